The van der Waals surface area contributed by atoms with Crippen molar-refractivity contribution in [2.24, 2.45) is 0 Å². The summed E-state index contributed by atoms with van der Waals surface area (Å²) in [6.45, 7) is 15.0. The minimum absolute atomic E-state index is 0.00913. The normalized spacial score (nSPS) is 9.82. The number of allylic oxidation sites excluding steroid dienone is 3. The number of pyridine rings is 2. The lowest BCUT2D eigenvalue weighted by Crippen LogP contribution is -1.98. The summed E-state index contributed by atoms with van der Waals surface area (Å²) in [5, 5.41) is 0. The molecule has 0 unspecified atom stereocenters. The van der Waals surface area contributed by atoms with Gasteiger partial charge in [-0.15, -0.1) is 0 Å². The van der Waals surface area contributed by atoms with Crippen molar-refractivity contribution < 1.29 is 4.79 Å². The number of benzene rings is 1. The summed E-state index contributed by atoms with van der Waals surface area (Å²) in [5.74, 6) is -0.00913. The molecule has 3 heteroatoms. The van der Waals surface area contributed by atoms with Crippen LogP contribution < -0.4 is 0 Å². The zero-order chi connectivity index (χ0) is 24.5. The molecule has 0 N–H and O–H groups in total. The van der Waals surface area contributed by atoms with Gasteiger partial charge in [0.05, 0.1) is 5.69 Å². The van der Waals surface area contributed by atoms with Crippen LogP contribution in [0, 0.1) is 6.92 Å². The average molecular weight is 441 g/mol. The molecule has 33 heavy (non-hydrogen) atoms. The summed E-state index contributed by atoms with van der Waals surface area (Å²) >= 11 is 0. The topological polar surface area (TPSA) is 42.9 Å². The van der Waals surface area contributed by atoms with Crippen LogP contribution in [0.4, 0.5) is 0 Å². The summed E-state index contributed by atoms with van der Waals surface area (Å²) in [4.78, 5) is 19.7. The quantitative estimate of drug-likeness (QED) is 0.202. The van der Waals surface area contributed by atoms with Gasteiger partial charge < -0.3 is 0 Å². The van der Waals surface area contributed by atoms with Gasteiger partial charge in [0, 0.05) is 29.7 Å². The molecule has 0 atom stereocenters. The number of aryl methyl sites for hydroxylation is 2. The fourth-order valence-electron chi connectivity index (χ4n) is 2.98. The Bertz CT molecular complexity index is 1020. The van der Waals surface area contributed by atoms with Crippen molar-refractivity contribution in [1.82, 2.24) is 9.97 Å². The molecule has 1 aromatic carbocycles. The smallest absolute Gasteiger partial charge is 0.161 e. The number of Topliss-reactive ketones (excluding diaryl/α,β-unsaturated/α-hetero) is 1. The van der Waals surface area contributed by atoms with E-state index >= 15 is 0 Å². The molecule has 0 aliphatic heterocycles. The van der Waals surface area contributed by atoms with E-state index in [-0.39, 0.29) is 5.78 Å². The Hall–Kier alpha value is -3.59. The summed E-state index contributed by atoms with van der Waals surface area (Å²) in [7, 11) is 0. The van der Waals surface area contributed by atoms with Gasteiger partial charge in [0.1, 0.15) is 0 Å². The minimum Gasteiger partial charge on any atom is -0.294 e. The van der Waals surface area contributed by atoms with Gasteiger partial charge in [0.2, 0.25) is 0 Å². The first-order valence-electron chi connectivity index (χ1n) is 11.4. The van der Waals surface area contributed by atoms with Crippen LogP contribution in [0.2, 0.25) is 0 Å². The van der Waals surface area contributed by atoms with Crippen molar-refractivity contribution in [2.45, 2.75) is 47.0 Å². The second-order valence-corrected chi connectivity index (χ2v) is 7.20. The molecule has 0 saturated heterocycles. The van der Waals surface area contributed by atoms with Crippen molar-refractivity contribution in [2.75, 3.05) is 0 Å². The summed E-state index contributed by atoms with van der Waals surface area (Å²) in [5.41, 5.74) is 5.87. The molecule has 0 aliphatic rings. The van der Waals surface area contributed by atoms with E-state index in [1.807, 2.05) is 44.2 Å². The monoisotopic (exact) mass is 440 g/mol. The maximum absolute atomic E-state index is 11.4. The third-order valence-electron chi connectivity index (χ3n) is 4.72. The molecule has 0 radical (unpaired) electrons. The van der Waals surface area contributed by atoms with E-state index in [1.165, 1.54) is 30.9 Å². The van der Waals surface area contributed by atoms with Crippen molar-refractivity contribution >= 4 is 11.9 Å². The molecule has 2 aromatic heterocycles. The molecule has 0 aliphatic carbocycles. The Morgan fingerprint density at radius 1 is 1.06 bits per heavy atom. The van der Waals surface area contributed by atoms with Crippen molar-refractivity contribution in [3.63, 3.8) is 0 Å². The Kier molecular flexibility index (Phi) is 13.4. The summed E-state index contributed by atoms with van der Waals surface area (Å²) in [6.07, 6.45) is 16.2. The second-order valence-electron chi connectivity index (χ2n) is 7.20. The van der Waals surface area contributed by atoms with Crippen LogP contribution in [-0.4, -0.2) is 15.8 Å². The first-order valence-corrected chi connectivity index (χ1v) is 11.4. The Labute approximate surface area is 199 Å². The molecular weight excluding hydrogens is 404 g/mol. The summed E-state index contributed by atoms with van der Waals surface area (Å²) < 4.78 is 0. The lowest BCUT2D eigenvalue weighted by atomic mass is 10.0. The fraction of sp³-hybridized carbons (Fsp3) is 0.233. The van der Waals surface area contributed by atoms with Crippen LogP contribution in [0.15, 0.2) is 92.4 Å². The van der Waals surface area contributed by atoms with Gasteiger partial charge in [-0.25, -0.2) is 0 Å². The Morgan fingerprint density at radius 3 is 2.36 bits per heavy atom. The first-order chi connectivity index (χ1) is 16.0. The molecule has 3 aromatic rings. The number of hydrogen-bond acceptors (Lipinski definition) is 3. The molecule has 3 rings (SSSR count). The third-order valence-corrected chi connectivity index (χ3v) is 4.72. The zero-order valence-corrected chi connectivity index (χ0v) is 20.4. The number of carbonyl (C=O) groups is 1. The maximum atomic E-state index is 11.4. The van der Waals surface area contributed by atoms with E-state index in [4.69, 9.17) is 0 Å². The minimum atomic E-state index is -0.00913. The van der Waals surface area contributed by atoms with Gasteiger partial charge in [-0.3, -0.25) is 14.8 Å². The fourth-order valence-corrected chi connectivity index (χ4v) is 2.98. The van der Waals surface area contributed by atoms with Crippen molar-refractivity contribution in [1.29, 1.82) is 0 Å². The van der Waals surface area contributed by atoms with Gasteiger partial charge in [-0.05, 0) is 62.4 Å². The second kappa shape index (κ2) is 16.1. The van der Waals surface area contributed by atoms with E-state index in [0.29, 0.717) is 5.56 Å². The van der Waals surface area contributed by atoms with Crippen molar-refractivity contribution in [3.8, 4) is 11.3 Å². The van der Waals surface area contributed by atoms with E-state index in [0.717, 1.165) is 23.2 Å². The maximum Gasteiger partial charge on any atom is 0.161 e. The number of unbranched alkanes of at least 4 members (excludes halogenated alkanes) is 1. The number of aromatic nitrogens is 2. The molecule has 2 heterocycles. The van der Waals surface area contributed by atoms with Crippen molar-refractivity contribution in [3.05, 3.63) is 115 Å². The Morgan fingerprint density at radius 2 is 1.79 bits per heavy atom. The number of hydrogen-bond donors (Lipinski definition) is 0. The van der Waals surface area contributed by atoms with Crippen LogP contribution in [0.3, 0.4) is 0 Å². The third kappa shape index (κ3) is 10.0. The highest BCUT2D eigenvalue weighted by Crippen LogP contribution is 2.20. The number of carbonyl (C=O) groups excluding carboxylic acids is 1. The van der Waals surface area contributed by atoms with Crippen LogP contribution in [0.1, 0.15) is 60.7 Å². The molecule has 0 amide bonds. The SMILES string of the molecule is C=C/C=C\CCCc1ccc(C)cc1.C=Cc1cc(-c2cccnc2)ncc1C(C)=O.CC. The zero-order valence-electron chi connectivity index (χ0n) is 20.4. The molecule has 0 saturated carbocycles. The molecule has 172 valence electrons. The van der Waals surface area contributed by atoms with Crippen LogP contribution in [0.25, 0.3) is 17.3 Å². The lowest BCUT2D eigenvalue weighted by Gasteiger charge is -2.05. The standard InChI is InChI=1S/C14H12N2O.C14H18.C2H6/c1-3-11-7-14(12-5-4-6-15-8-12)16-9-13(11)10(2)17;1-3-4-5-6-7-8-14-11-9-13(2)10-12-14;1-2/h3-9H,1H2,2H3;3-5,9-12H,1,6-8H2,2H3;1-2H3/b;5-4-;. The van der Waals surface area contributed by atoms with E-state index in [9.17, 15) is 4.79 Å². The van der Waals surface area contributed by atoms with Crippen LogP contribution in [0.5, 0.6) is 0 Å². The molecule has 3 nitrogen and oxygen atoms in total. The van der Waals surface area contributed by atoms with Gasteiger partial charge >= 0.3 is 0 Å². The van der Waals surface area contributed by atoms with Gasteiger partial charge in [0.25, 0.3) is 0 Å². The van der Waals surface area contributed by atoms with E-state index in [2.05, 4.69) is 60.4 Å². The van der Waals surface area contributed by atoms with Gasteiger partial charge in [-0.2, -0.15) is 0 Å². The van der Waals surface area contributed by atoms with Gasteiger partial charge in [0.15, 0.2) is 5.78 Å². The predicted octanol–water partition coefficient (Wildman–Crippen LogP) is 8.08. The van der Waals surface area contributed by atoms with Crippen LogP contribution >= 0.6 is 0 Å². The molecule has 0 bridgehead atoms. The molecular formula is C30H36N2O. The number of nitrogens with zero attached hydrogens (tertiary/aromatic N) is 2. The lowest BCUT2D eigenvalue weighted by molar-refractivity contribution is 0.101. The summed E-state index contributed by atoms with van der Waals surface area (Å²) in [6, 6.07) is 14.4. The highest BCUT2D eigenvalue weighted by atomic mass is 16.1. The van der Waals surface area contributed by atoms with E-state index in [1.54, 1.807) is 24.7 Å². The first kappa shape index (κ1) is 27.4. The highest BCUT2D eigenvalue weighted by molar-refractivity contribution is 5.97. The van der Waals surface area contributed by atoms with E-state index < -0.39 is 0 Å². The number of ketones is 1. The molecule has 0 fully saturated rings. The molecule has 0 spiro atoms. The largest absolute Gasteiger partial charge is 0.294 e. The Balaban J connectivity index is 0.000000313. The average Bonchev–Trinajstić information content (AvgIpc) is 2.86. The predicted molar refractivity (Wildman–Crippen MR) is 142 cm³/mol. The van der Waals surface area contributed by atoms with Crippen LogP contribution in [-0.2, 0) is 6.42 Å². The number of rotatable bonds is 8. The van der Waals surface area contributed by atoms with Gasteiger partial charge in [-0.1, -0.05) is 81.1 Å². The highest BCUT2D eigenvalue weighted by Gasteiger charge is 2.08.